The monoisotopic (exact) mass is 195 g/mol. The molecule has 0 spiro atoms. The van der Waals surface area contributed by atoms with Crippen molar-refractivity contribution < 1.29 is 9.53 Å². The summed E-state index contributed by atoms with van der Waals surface area (Å²) in [7, 11) is 0. The summed E-state index contributed by atoms with van der Waals surface area (Å²) >= 11 is 2.74. The largest absolute Gasteiger partial charge is 0.449 e. The fraction of sp³-hybridized carbons (Fsp3) is 0.800. The molecule has 1 N–H and O–H groups in total. The lowest BCUT2D eigenvalue weighted by Crippen LogP contribution is -2.14. The average Bonchev–Trinajstić information content (AvgIpc) is 1.89. The van der Waals surface area contributed by atoms with Gasteiger partial charge >= 0.3 is 6.09 Å². The molecule has 3 nitrogen and oxygen atoms in total. The molecule has 0 aliphatic heterocycles. The third-order valence-electron chi connectivity index (χ3n) is 0.808. The van der Waals surface area contributed by atoms with Crippen molar-refractivity contribution in [3.05, 3.63) is 0 Å². The molecule has 9 heavy (non-hydrogen) atoms. The third kappa shape index (κ3) is 5.62. The first-order valence-electron chi connectivity index (χ1n) is 2.84. The van der Waals surface area contributed by atoms with Gasteiger partial charge in [0.2, 0.25) is 0 Å². The van der Waals surface area contributed by atoms with Crippen LogP contribution in [0.2, 0.25) is 0 Å². The quantitative estimate of drug-likeness (QED) is 0.552. The molecule has 0 aromatic rings. The predicted molar refractivity (Wildman–Crippen MR) is 38.3 cm³/mol. The number of rotatable bonds is 3. The van der Waals surface area contributed by atoms with Gasteiger partial charge in [-0.25, -0.2) is 4.79 Å². The average molecular weight is 196 g/mol. The molecule has 0 aromatic carbocycles. The topological polar surface area (TPSA) is 38.3 Å². The summed E-state index contributed by atoms with van der Waals surface area (Å²) in [6.07, 6.45) is 1.53. The number of hydrogen-bond acceptors (Lipinski definition) is 2. The molecule has 54 valence electrons. The van der Waals surface area contributed by atoms with Gasteiger partial charge in [-0.3, -0.25) is 4.34 Å². The zero-order valence-corrected chi connectivity index (χ0v) is 6.90. The minimum atomic E-state index is -0.427. The lowest BCUT2D eigenvalue weighted by Gasteiger charge is -1.99. The number of ether oxygens (including phenoxy) is 1. The molecule has 0 unspecified atom stereocenters. The molecule has 0 radical (unpaired) electrons. The number of hydrogen-bond donors (Lipinski definition) is 1. The normalized spacial score (nSPS) is 8.67. The lowest BCUT2D eigenvalue weighted by molar-refractivity contribution is 0.152. The van der Waals surface area contributed by atoms with Crippen LogP contribution < -0.4 is 4.34 Å². The molecule has 0 saturated carbocycles. The van der Waals surface area contributed by atoms with Gasteiger partial charge in [-0.15, -0.1) is 0 Å². The van der Waals surface area contributed by atoms with Crippen molar-refractivity contribution in [2.45, 2.75) is 19.8 Å². The van der Waals surface area contributed by atoms with Crippen LogP contribution in [0.5, 0.6) is 0 Å². The van der Waals surface area contributed by atoms with E-state index in [9.17, 15) is 4.79 Å². The van der Waals surface area contributed by atoms with E-state index < -0.39 is 6.09 Å². The molecule has 1 amide bonds. The van der Waals surface area contributed by atoms with Gasteiger partial charge in [0, 0.05) is 0 Å². The Morgan fingerprint density at radius 2 is 2.44 bits per heavy atom. The van der Waals surface area contributed by atoms with Gasteiger partial charge in [0.05, 0.1) is 22.8 Å². The van der Waals surface area contributed by atoms with E-state index in [4.69, 9.17) is 0 Å². The highest BCUT2D eigenvalue weighted by Crippen LogP contribution is 1.88. The summed E-state index contributed by atoms with van der Waals surface area (Å²) < 4.78 is 6.81. The highest BCUT2D eigenvalue weighted by atomic mass is 79.9. The number of nitrogens with one attached hydrogen (secondary N) is 1. The van der Waals surface area contributed by atoms with Crippen molar-refractivity contribution in [1.29, 1.82) is 0 Å². The zero-order valence-electron chi connectivity index (χ0n) is 5.32. The Morgan fingerprint density at radius 1 is 1.78 bits per heavy atom. The SMILES string of the molecule is CCCCOC(=O)NBr. The number of halogens is 1. The first-order valence-corrected chi connectivity index (χ1v) is 3.64. The molecule has 4 heteroatoms. The van der Waals surface area contributed by atoms with Crippen molar-refractivity contribution in [2.75, 3.05) is 6.61 Å². The molecule has 0 heterocycles. The first kappa shape index (κ1) is 8.75. The van der Waals surface area contributed by atoms with E-state index in [1.54, 1.807) is 0 Å². The van der Waals surface area contributed by atoms with E-state index in [1.165, 1.54) is 0 Å². The highest BCUT2D eigenvalue weighted by Gasteiger charge is 1.94. The van der Waals surface area contributed by atoms with Crippen LogP contribution >= 0.6 is 16.1 Å². The van der Waals surface area contributed by atoms with Crippen LogP contribution in [0.4, 0.5) is 4.79 Å². The summed E-state index contributed by atoms with van der Waals surface area (Å²) in [6, 6.07) is 0. The van der Waals surface area contributed by atoms with Crippen molar-refractivity contribution in [1.82, 2.24) is 4.34 Å². The fourth-order valence-electron chi connectivity index (χ4n) is 0.336. The van der Waals surface area contributed by atoms with Crippen molar-refractivity contribution in [2.24, 2.45) is 0 Å². The van der Waals surface area contributed by atoms with Gasteiger partial charge < -0.3 is 4.74 Å². The summed E-state index contributed by atoms with van der Waals surface area (Å²) in [6.45, 7) is 2.53. The van der Waals surface area contributed by atoms with Crippen LogP contribution in [-0.4, -0.2) is 12.7 Å². The Bertz CT molecular complexity index is 87.0. The lowest BCUT2D eigenvalue weighted by atomic mass is 10.4. The Kier molecular flexibility index (Phi) is 5.72. The van der Waals surface area contributed by atoms with E-state index in [-0.39, 0.29) is 0 Å². The van der Waals surface area contributed by atoms with Crippen LogP contribution in [0.3, 0.4) is 0 Å². The van der Waals surface area contributed by atoms with Crippen LogP contribution in [0, 0.1) is 0 Å². The van der Waals surface area contributed by atoms with Gasteiger partial charge in [-0.2, -0.15) is 0 Å². The zero-order chi connectivity index (χ0) is 7.11. The van der Waals surface area contributed by atoms with E-state index >= 15 is 0 Å². The smallest absolute Gasteiger partial charge is 0.417 e. The van der Waals surface area contributed by atoms with Gasteiger partial charge in [0.1, 0.15) is 0 Å². The summed E-state index contributed by atoms with van der Waals surface area (Å²) in [5, 5.41) is 0. The second-order valence-electron chi connectivity index (χ2n) is 1.58. The second-order valence-corrected chi connectivity index (χ2v) is 1.98. The Labute approximate surface area is 63.1 Å². The second kappa shape index (κ2) is 5.88. The molecule has 0 atom stereocenters. The van der Waals surface area contributed by atoms with Gasteiger partial charge in [-0.05, 0) is 6.42 Å². The van der Waals surface area contributed by atoms with Crippen molar-refractivity contribution in [3.8, 4) is 0 Å². The summed E-state index contributed by atoms with van der Waals surface area (Å²) in [4.78, 5) is 10.3. The van der Waals surface area contributed by atoms with E-state index in [2.05, 4.69) is 25.2 Å². The molecule has 0 aliphatic carbocycles. The summed E-state index contributed by atoms with van der Waals surface area (Å²) in [5.74, 6) is 0. The maximum absolute atomic E-state index is 10.3. The van der Waals surface area contributed by atoms with E-state index in [0.717, 1.165) is 12.8 Å². The van der Waals surface area contributed by atoms with Crippen LogP contribution in [0.1, 0.15) is 19.8 Å². The van der Waals surface area contributed by atoms with Crippen LogP contribution in [0.25, 0.3) is 0 Å². The molecule has 0 saturated heterocycles. The van der Waals surface area contributed by atoms with Gasteiger partial charge in [0.15, 0.2) is 0 Å². The number of carbonyl (C=O) groups is 1. The standard InChI is InChI=1S/C5H10BrNO2/c1-2-3-4-9-5(8)7-6/h2-4H2,1H3,(H,7,8). The van der Waals surface area contributed by atoms with Crippen LogP contribution in [0.15, 0.2) is 0 Å². The molecule has 0 bridgehead atoms. The Hall–Kier alpha value is -0.250. The number of unbranched alkanes of at least 4 members (excludes halogenated alkanes) is 1. The highest BCUT2D eigenvalue weighted by molar-refractivity contribution is 9.08. The molecule has 0 rings (SSSR count). The Balaban J connectivity index is 2.97. The molecule has 0 aliphatic rings. The minimum absolute atomic E-state index is 0.427. The molecule has 0 fully saturated rings. The predicted octanol–water partition coefficient (Wildman–Crippen LogP) is 1.82. The molecule has 0 aromatic heterocycles. The van der Waals surface area contributed by atoms with Crippen molar-refractivity contribution in [3.63, 3.8) is 0 Å². The van der Waals surface area contributed by atoms with Crippen LogP contribution in [-0.2, 0) is 4.74 Å². The van der Waals surface area contributed by atoms with E-state index in [1.807, 2.05) is 6.92 Å². The third-order valence-corrected chi connectivity index (χ3v) is 1.13. The fourth-order valence-corrected chi connectivity index (χ4v) is 0.451. The van der Waals surface area contributed by atoms with E-state index in [0.29, 0.717) is 6.61 Å². The van der Waals surface area contributed by atoms with Crippen molar-refractivity contribution >= 4 is 22.2 Å². The van der Waals surface area contributed by atoms with Gasteiger partial charge in [-0.1, -0.05) is 13.3 Å². The maximum Gasteiger partial charge on any atom is 0.417 e. The summed E-state index contributed by atoms with van der Waals surface area (Å²) in [5.41, 5.74) is 0. The number of carbonyl (C=O) groups excluding carboxylic acids is 1. The first-order chi connectivity index (χ1) is 4.31. The Morgan fingerprint density at radius 3 is 2.89 bits per heavy atom. The maximum atomic E-state index is 10.3. The van der Waals surface area contributed by atoms with Gasteiger partial charge in [0.25, 0.3) is 0 Å². The minimum Gasteiger partial charge on any atom is -0.449 e. The molecular formula is C5H10BrNO2. The number of amides is 1. The molecular weight excluding hydrogens is 186 g/mol.